The Hall–Kier alpha value is -1.79. The van der Waals surface area contributed by atoms with Crippen LogP contribution in [0.15, 0.2) is 11.6 Å². The van der Waals surface area contributed by atoms with Gasteiger partial charge in [-0.2, -0.15) is 0 Å². The van der Waals surface area contributed by atoms with Gasteiger partial charge in [0.05, 0.1) is 24.4 Å². The Morgan fingerprint density at radius 1 is 1.00 bits per heavy atom. The first-order valence-electron chi connectivity index (χ1n) is 15.4. The normalized spacial score (nSPS) is 51.5. The van der Waals surface area contributed by atoms with Crippen LogP contribution in [0.2, 0.25) is 0 Å². The quantitative estimate of drug-likeness (QED) is 0.191. The Morgan fingerprint density at radius 3 is 2.46 bits per heavy atom. The minimum Gasteiger partial charge on any atom is -0.465 e. The Morgan fingerprint density at radius 2 is 1.76 bits per heavy atom. The number of allylic oxidation sites excluding steroid dienone is 1. The molecule has 6 rings (SSSR count). The second-order valence-corrected chi connectivity index (χ2v) is 14.1. The molecule has 230 valence electrons. The van der Waals surface area contributed by atoms with Crippen LogP contribution in [0, 0.1) is 44.6 Å². The van der Waals surface area contributed by atoms with Crippen molar-refractivity contribution in [2.24, 2.45) is 34.5 Å². The summed E-state index contributed by atoms with van der Waals surface area (Å²) in [6, 6.07) is 0. The molecule has 0 radical (unpaired) electrons. The molecule has 0 spiro atoms. The summed E-state index contributed by atoms with van der Waals surface area (Å²) in [5.41, 5.74) is 0.369. The molecule has 0 aromatic heterocycles. The summed E-state index contributed by atoms with van der Waals surface area (Å²) in [7, 11) is 0. The van der Waals surface area contributed by atoms with Crippen molar-refractivity contribution in [1.29, 1.82) is 0 Å². The topological polar surface area (TPSA) is 158 Å². The van der Waals surface area contributed by atoms with Crippen LogP contribution in [-0.4, -0.2) is 75.4 Å². The minimum absolute atomic E-state index is 0.0538. The minimum atomic E-state index is -1.51. The molecule has 0 aromatic rings. The van der Waals surface area contributed by atoms with Gasteiger partial charge in [0, 0.05) is 6.42 Å². The lowest BCUT2D eigenvalue weighted by molar-refractivity contribution is -0.774. The van der Waals surface area contributed by atoms with Gasteiger partial charge in [-0.05, 0) is 99.2 Å². The first-order valence-corrected chi connectivity index (χ1v) is 15.4. The number of rotatable bonds is 5. The Balaban J connectivity index is 1.15. The van der Waals surface area contributed by atoms with E-state index in [1.54, 1.807) is 6.92 Å². The molecule has 3 N–H and O–H groups in total. The average Bonchev–Trinajstić information content (AvgIpc) is 3.21. The van der Waals surface area contributed by atoms with Crippen molar-refractivity contribution in [3.63, 3.8) is 0 Å². The number of nitrogens with zero attached hydrogens (tertiary/aromatic N) is 1. The van der Waals surface area contributed by atoms with Gasteiger partial charge < -0.3 is 34.4 Å². The maximum Gasteiger partial charge on any atom is 0.305 e. The van der Waals surface area contributed by atoms with Crippen LogP contribution in [0.5, 0.6) is 0 Å². The molecule has 0 amide bonds. The van der Waals surface area contributed by atoms with E-state index in [1.165, 1.54) is 5.57 Å². The zero-order chi connectivity index (χ0) is 29.3. The molecular weight excluding hydrogens is 534 g/mol. The third-order valence-corrected chi connectivity index (χ3v) is 12.4. The van der Waals surface area contributed by atoms with E-state index in [-0.39, 0.29) is 28.8 Å². The molecule has 4 aliphatic carbocycles. The van der Waals surface area contributed by atoms with Crippen molar-refractivity contribution in [2.75, 3.05) is 6.61 Å². The van der Waals surface area contributed by atoms with E-state index in [2.05, 4.69) is 24.8 Å². The first kappa shape index (κ1) is 29.3. The van der Waals surface area contributed by atoms with E-state index >= 15 is 0 Å². The number of ether oxygens (including phenoxy) is 3. The van der Waals surface area contributed by atoms with Gasteiger partial charge in [0.1, 0.15) is 12.2 Å². The predicted molar refractivity (Wildman–Crippen MR) is 143 cm³/mol. The molecule has 2 heterocycles. The van der Waals surface area contributed by atoms with Crippen molar-refractivity contribution in [1.82, 2.24) is 0 Å². The lowest BCUT2D eigenvalue weighted by Crippen LogP contribution is -2.61. The largest absolute Gasteiger partial charge is 0.465 e. The van der Waals surface area contributed by atoms with Crippen molar-refractivity contribution in [3.8, 4) is 0 Å². The number of carbonyl (C=O) groups is 1. The summed E-state index contributed by atoms with van der Waals surface area (Å²) in [4.78, 5) is 27.0. The number of aliphatic hydroxyl groups is 3. The van der Waals surface area contributed by atoms with Gasteiger partial charge in [-0.3, -0.25) is 4.79 Å². The third-order valence-electron chi connectivity index (χ3n) is 12.4. The standard InChI is InChI=1S/C30H45NO10/c1-16-26(41-31(36)37)24(33)25(34)27(39-16)40-19-8-11-28(2)18(14-19)5-6-22-21(28)9-12-29(3)20(10-13-30(22,29)35)17-4-7-23(32)38-15-17/h14,16-17,19-22,24-27,33-35H,4-13,15H2,1-3H3/t16-,17-,19-,20+,21-,22+,24-,25+,26-,27-,28-,29+,30-/m0/s1. The van der Waals surface area contributed by atoms with Crippen LogP contribution < -0.4 is 0 Å². The van der Waals surface area contributed by atoms with Gasteiger partial charge >= 0.3 is 5.97 Å². The number of cyclic esters (lactones) is 1. The Labute approximate surface area is 240 Å². The number of esters is 1. The monoisotopic (exact) mass is 579 g/mol. The highest BCUT2D eigenvalue weighted by atomic mass is 17.0. The SMILES string of the molecule is C[C@@H]1O[C@@H](O[C@@H]2C=C3CC[C@@H]4[C@H](CC[C@]5(C)[C@@H]([C@H]6CCC(=O)OC6)CC[C@]45O)[C@@]3(C)CC2)[C@H](O)[C@H](O)[C@H]1O[N+](=O)[O-]. The van der Waals surface area contributed by atoms with E-state index in [9.17, 15) is 30.2 Å². The fraction of sp³-hybridized carbons (Fsp3) is 0.900. The summed E-state index contributed by atoms with van der Waals surface area (Å²) in [6.07, 6.45) is 4.09. The molecule has 0 aromatic carbocycles. The van der Waals surface area contributed by atoms with Crippen molar-refractivity contribution >= 4 is 5.97 Å². The van der Waals surface area contributed by atoms with Crippen LogP contribution in [0.25, 0.3) is 0 Å². The number of hydrogen-bond acceptors (Lipinski definition) is 10. The highest BCUT2D eigenvalue weighted by molar-refractivity contribution is 5.70. The molecule has 5 fully saturated rings. The molecule has 11 heteroatoms. The van der Waals surface area contributed by atoms with Gasteiger partial charge in [-0.15, -0.1) is 10.1 Å². The highest BCUT2D eigenvalue weighted by Crippen LogP contribution is 2.69. The maximum absolute atomic E-state index is 12.5. The summed E-state index contributed by atoms with van der Waals surface area (Å²) in [5.74, 6) is 1.17. The maximum atomic E-state index is 12.5. The third kappa shape index (κ3) is 4.61. The molecule has 11 nitrogen and oxygen atoms in total. The van der Waals surface area contributed by atoms with Gasteiger partial charge in [0.2, 0.25) is 0 Å². The molecule has 6 aliphatic rings. The van der Waals surface area contributed by atoms with Crippen LogP contribution in [0.1, 0.15) is 85.0 Å². The summed E-state index contributed by atoms with van der Waals surface area (Å²) < 4.78 is 17.3. The number of carbonyl (C=O) groups excluding carboxylic acids is 1. The zero-order valence-corrected chi connectivity index (χ0v) is 24.3. The predicted octanol–water partition coefficient (Wildman–Crippen LogP) is 3.06. The molecule has 0 bridgehead atoms. The summed E-state index contributed by atoms with van der Waals surface area (Å²) in [6.45, 7) is 6.66. The van der Waals surface area contributed by atoms with Crippen molar-refractivity contribution < 1.29 is 44.2 Å². The smallest absolute Gasteiger partial charge is 0.305 e. The highest BCUT2D eigenvalue weighted by Gasteiger charge is 2.67. The molecule has 13 atom stereocenters. The summed E-state index contributed by atoms with van der Waals surface area (Å²) in [5, 5.41) is 43.3. The zero-order valence-electron chi connectivity index (χ0n) is 24.3. The van der Waals surface area contributed by atoms with Crippen LogP contribution >= 0.6 is 0 Å². The van der Waals surface area contributed by atoms with Crippen molar-refractivity contribution in [3.05, 3.63) is 21.8 Å². The van der Waals surface area contributed by atoms with E-state index < -0.39 is 41.4 Å². The van der Waals surface area contributed by atoms with Gasteiger partial charge in [0.25, 0.3) is 5.09 Å². The van der Waals surface area contributed by atoms with E-state index in [0.29, 0.717) is 37.2 Å². The number of hydrogen-bond donors (Lipinski definition) is 3. The number of fused-ring (bicyclic) bond motifs is 5. The molecule has 41 heavy (non-hydrogen) atoms. The molecule has 2 aliphatic heterocycles. The lowest BCUT2D eigenvalue weighted by atomic mass is 9.44. The number of aliphatic hydroxyl groups excluding tert-OH is 2. The summed E-state index contributed by atoms with van der Waals surface area (Å²) >= 11 is 0. The molecule has 2 saturated heterocycles. The fourth-order valence-electron chi connectivity index (χ4n) is 10.1. The lowest BCUT2D eigenvalue weighted by Gasteiger charge is -2.62. The average molecular weight is 580 g/mol. The molecule has 3 saturated carbocycles. The van der Waals surface area contributed by atoms with E-state index in [1.807, 2.05) is 0 Å². The van der Waals surface area contributed by atoms with Crippen LogP contribution in [0.3, 0.4) is 0 Å². The van der Waals surface area contributed by atoms with Gasteiger partial charge in [-0.25, -0.2) is 0 Å². The van der Waals surface area contributed by atoms with Crippen LogP contribution in [0.4, 0.5) is 0 Å². The molecule has 0 unspecified atom stereocenters. The Kier molecular flexibility index (Phi) is 7.45. The second kappa shape index (κ2) is 10.4. The first-order chi connectivity index (χ1) is 19.4. The van der Waals surface area contributed by atoms with E-state index in [4.69, 9.17) is 14.2 Å². The fourth-order valence-corrected chi connectivity index (χ4v) is 10.1. The second-order valence-electron chi connectivity index (χ2n) is 14.1. The van der Waals surface area contributed by atoms with Crippen LogP contribution in [-0.2, 0) is 23.8 Å². The van der Waals surface area contributed by atoms with Gasteiger partial charge in [-0.1, -0.05) is 25.5 Å². The van der Waals surface area contributed by atoms with Gasteiger partial charge in [0.15, 0.2) is 12.4 Å². The molecular formula is C30H45NO10. The van der Waals surface area contributed by atoms with Crippen molar-refractivity contribution in [2.45, 2.75) is 127 Å². The Bertz CT molecular complexity index is 1070. The van der Waals surface area contributed by atoms with E-state index in [0.717, 1.165) is 51.4 Å².